The smallest absolute Gasteiger partial charge is 0.125 e. The van der Waals surface area contributed by atoms with E-state index in [0.29, 0.717) is 37.3 Å². The van der Waals surface area contributed by atoms with Gasteiger partial charge in [0.2, 0.25) is 0 Å². The lowest BCUT2D eigenvalue weighted by atomic mass is 10.2. The van der Waals surface area contributed by atoms with Gasteiger partial charge in [-0.2, -0.15) is 0 Å². The van der Waals surface area contributed by atoms with Crippen molar-refractivity contribution in [2.75, 3.05) is 5.32 Å². The molecule has 0 heterocycles. The number of rotatable bonds is 3. The third kappa shape index (κ3) is 3.52. The maximum atomic E-state index is 13.2. The summed E-state index contributed by atoms with van der Waals surface area (Å²) >= 11 is 27.4. The van der Waals surface area contributed by atoms with Gasteiger partial charge >= 0.3 is 0 Å². The van der Waals surface area contributed by atoms with Gasteiger partial charge in [0.15, 0.2) is 0 Å². The molecule has 20 heavy (non-hydrogen) atoms. The molecule has 106 valence electrons. The van der Waals surface area contributed by atoms with Gasteiger partial charge in [0.05, 0.1) is 20.8 Å². The van der Waals surface area contributed by atoms with Gasteiger partial charge in [0.25, 0.3) is 0 Å². The molecule has 0 aromatic heterocycles. The van der Waals surface area contributed by atoms with Crippen molar-refractivity contribution in [3.8, 4) is 0 Å². The lowest BCUT2D eigenvalue weighted by Gasteiger charge is -2.13. The van der Waals surface area contributed by atoms with E-state index in [0.717, 1.165) is 0 Å². The van der Waals surface area contributed by atoms with Crippen LogP contribution in [0.2, 0.25) is 20.1 Å². The predicted molar refractivity (Wildman–Crippen MR) is 87.9 cm³/mol. The zero-order valence-corrected chi connectivity index (χ0v) is 14.4. The fourth-order valence-electron chi connectivity index (χ4n) is 1.62. The first kappa shape index (κ1) is 16.2. The minimum absolute atomic E-state index is 0.256. The zero-order chi connectivity index (χ0) is 14.9. The molecular formula is C13H7BrCl4FN. The summed E-state index contributed by atoms with van der Waals surface area (Å²) in [4.78, 5) is 0. The van der Waals surface area contributed by atoms with E-state index in [1.807, 2.05) is 0 Å². The second-order valence-electron chi connectivity index (χ2n) is 3.92. The van der Waals surface area contributed by atoms with Crippen LogP contribution in [0, 0.1) is 5.82 Å². The van der Waals surface area contributed by atoms with Crippen LogP contribution >= 0.6 is 62.3 Å². The fraction of sp³-hybridized carbons (Fsp3) is 0.0769. The monoisotopic (exact) mass is 415 g/mol. The van der Waals surface area contributed by atoms with Gasteiger partial charge in [-0.1, -0.05) is 46.4 Å². The van der Waals surface area contributed by atoms with Crippen LogP contribution in [0.15, 0.2) is 28.7 Å². The Morgan fingerprint density at radius 3 is 2.30 bits per heavy atom. The minimum atomic E-state index is -0.425. The first-order chi connectivity index (χ1) is 9.40. The predicted octanol–water partition coefficient (Wildman–Crippen LogP) is 6.81. The highest BCUT2D eigenvalue weighted by molar-refractivity contribution is 9.10. The SMILES string of the molecule is Fc1cc(Cl)c(NCc2c(Cl)ccc(Cl)c2Cl)c(Br)c1. The molecule has 2 rings (SSSR count). The molecule has 0 aliphatic rings. The standard InChI is InChI=1S/C13H7BrCl4FN/c14-8-3-6(19)4-11(17)13(8)20-5-7-9(15)1-2-10(16)12(7)18/h1-4,20H,5H2. The van der Waals surface area contributed by atoms with Gasteiger partial charge in [0, 0.05) is 21.6 Å². The minimum Gasteiger partial charge on any atom is -0.379 e. The van der Waals surface area contributed by atoms with Crippen molar-refractivity contribution in [3.63, 3.8) is 0 Å². The van der Waals surface area contributed by atoms with Gasteiger partial charge in [-0.25, -0.2) is 4.39 Å². The quantitative estimate of drug-likeness (QED) is 0.540. The van der Waals surface area contributed by atoms with Crippen molar-refractivity contribution >= 4 is 68.0 Å². The average molecular weight is 418 g/mol. The Hall–Kier alpha value is -0.190. The number of halogens is 6. The van der Waals surface area contributed by atoms with Crippen LogP contribution in [0.4, 0.5) is 10.1 Å². The van der Waals surface area contributed by atoms with E-state index in [1.54, 1.807) is 12.1 Å². The van der Waals surface area contributed by atoms with Crippen LogP contribution in [0.5, 0.6) is 0 Å². The molecule has 0 bridgehead atoms. The second kappa shape index (κ2) is 6.71. The summed E-state index contributed by atoms with van der Waals surface area (Å²) < 4.78 is 13.7. The number of benzene rings is 2. The van der Waals surface area contributed by atoms with Gasteiger partial charge in [0.1, 0.15) is 5.82 Å². The molecule has 0 atom stereocenters. The van der Waals surface area contributed by atoms with Crippen molar-refractivity contribution in [3.05, 3.63) is 60.2 Å². The molecule has 0 amide bonds. The molecule has 2 aromatic rings. The Morgan fingerprint density at radius 1 is 1.00 bits per heavy atom. The molecule has 0 radical (unpaired) electrons. The highest BCUT2D eigenvalue weighted by Crippen LogP contribution is 2.35. The number of anilines is 1. The van der Waals surface area contributed by atoms with Crippen LogP contribution < -0.4 is 5.32 Å². The molecular weight excluding hydrogens is 411 g/mol. The molecule has 0 spiro atoms. The zero-order valence-electron chi connectivity index (χ0n) is 9.78. The summed E-state index contributed by atoms with van der Waals surface area (Å²) in [6.45, 7) is 0.308. The van der Waals surface area contributed by atoms with Gasteiger partial charge < -0.3 is 5.32 Å². The maximum Gasteiger partial charge on any atom is 0.125 e. The molecule has 1 N–H and O–H groups in total. The normalized spacial score (nSPS) is 10.7. The van der Waals surface area contributed by atoms with Crippen LogP contribution in [-0.4, -0.2) is 0 Å². The summed E-state index contributed by atoms with van der Waals surface area (Å²) in [6.07, 6.45) is 0. The largest absolute Gasteiger partial charge is 0.379 e. The summed E-state index contributed by atoms with van der Waals surface area (Å²) in [5.74, 6) is -0.425. The molecule has 0 aliphatic heterocycles. The molecule has 0 aliphatic carbocycles. The molecule has 1 nitrogen and oxygen atoms in total. The van der Waals surface area contributed by atoms with E-state index in [9.17, 15) is 4.39 Å². The first-order valence-electron chi connectivity index (χ1n) is 5.41. The lowest BCUT2D eigenvalue weighted by molar-refractivity contribution is 0.627. The molecule has 7 heteroatoms. The number of hydrogen-bond donors (Lipinski definition) is 1. The Bertz CT molecular complexity index is 640. The summed E-state index contributed by atoms with van der Waals surface area (Å²) in [5, 5.41) is 4.59. The summed E-state index contributed by atoms with van der Waals surface area (Å²) in [5.41, 5.74) is 1.20. The Kier molecular flexibility index (Phi) is 5.43. The van der Waals surface area contributed by atoms with E-state index in [2.05, 4.69) is 21.2 Å². The highest BCUT2D eigenvalue weighted by Gasteiger charge is 2.12. The van der Waals surface area contributed by atoms with Crippen molar-refractivity contribution in [2.24, 2.45) is 0 Å². The van der Waals surface area contributed by atoms with Crippen LogP contribution in [0.3, 0.4) is 0 Å². The van der Waals surface area contributed by atoms with Crippen molar-refractivity contribution in [2.45, 2.75) is 6.54 Å². The van der Waals surface area contributed by atoms with Gasteiger partial charge in [-0.15, -0.1) is 0 Å². The second-order valence-corrected chi connectivity index (χ2v) is 6.37. The van der Waals surface area contributed by atoms with Gasteiger partial charge in [-0.3, -0.25) is 0 Å². The van der Waals surface area contributed by atoms with E-state index in [1.165, 1.54) is 12.1 Å². The number of hydrogen-bond acceptors (Lipinski definition) is 1. The first-order valence-corrected chi connectivity index (χ1v) is 7.71. The van der Waals surface area contributed by atoms with Gasteiger partial charge in [-0.05, 0) is 40.2 Å². The highest BCUT2D eigenvalue weighted by atomic mass is 79.9. The maximum absolute atomic E-state index is 13.2. The summed E-state index contributed by atoms with van der Waals surface area (Å²) in [6, 6.07) is 5.82. The molecule has 0 saturated carbocycles. The lowest BCUT2D eigenvalue weighted by Crippen LogP contribution is -2.03. The van der Waals surface area contributed by atoms with E-state index in [4.69, 9.17) is 46.4 Å². The van der Waals surface area contributed by atoms with Crippen molar-refractivity contribution in [1.29, 1.82) is 0 Å². The van der Waals surface area contributed by atoms with Crippen molar-refractivity contribution in [1.82, 2.24) is 0 Å². The van der Waals surface area contributed by atoms with Crippen molar-refractivity contribution < 1.29 is 4.39 Å². The van der Waals surface area contributed by atoms with Crippen LogP contribution in [-0.2, 0) is 6.54 Å². The molecule has 0 unspecified atom stereocenters. The van der Waals surface area contributed by atoms with Crippen LogP contribution in [0.25, 0.3) is 0 Å². The molecule has 0 fully saturated rings. The topological polar surface area (TPSA) is 12.0 Å². The third-order valence-corrected chi connectivity index (χ3v) is 4.71. The van der Waals surface area contributed by atoms with E-state index < -0.39 is 5.82 Å². The number of nitrogens with one attached hydrogen (secondary N) is 1. The third-order valence-electron chi connectivity index (χ3n) is 2.59. The Labute approximate surface area is 144 Å². The average Bonchev–Trinajstić information content (AvgIpc) is 2.36. The molecule has 2 aromatic carbocycles. The Morgan fingerprint density at radius 2 is 1.65 bits per heavy atom. The summed E-state index contributed by atoms with van der Waals surface area (Å²) in [7, 11) is 0. The van der Waals surface area contributed by atoms with E-state index >= 15 is 0 Å². The fourth-order valence-corrected chi connectivity index (χ4v) is 3.26. The Balaban J connectivity index is 2.28. The van der Waals surface area contributed by atoms with Crippen LogP contribution in [0.1, 0.15) is 5.56 Å². The van der Waals surface area contributed by atoms with E-state index in [-0.39, 0.29) is 5.02 Å². The molecule has 0 saturated heterocycles.